The molecule has 2 aromatic heterocycles. The first-order valence-electron chi connectivity index (χ1n) is 10.4. The van der Waals surface area contributed by atoms with Crippen LogP contribution in [-0.2, 0) is 4.74 Å². The number of carbonyl (C=O) groups excluding carboxylic acids is 1. The van der Waals surface area contributed by atoms with Crippen molar-refractivity contribution in [3.05, 3.63) is 36.5 Å². The Morgan fingerprint density at radius 2 is 1.61 bits per heavy atom. The molecule has 0 saturated carbocycles. The van der Waals surface area contributed by atoms with Gasteiger partial charge in [-0.2, -0.15) is 9.78 Å². The second-order valence-electron chi connectivity index (χ2n) is 10.3. The first-order valence-corrected chi connectivity index (χ1v) is 13.3. The van der Waals surface area contributed by atoms with E-state index in [-0.39, 0.29) is 5.04 Å². The lowest BCUT2D eigenvalue weighted by atomic mass is 10.1. The monoisotopic (exact) mass is 440 g/mol. The van der Waals surface area contributed by atoms with Crippen LogP contribution in [0.25, 0.3) is 22.0 Å². The quantitative estimate of drug-likeness (QED) is 0.467. The molecule has 0 aliphatic carbocycles. The van der Waals surface area contributed by atoms with Crippen LogP contribution in [0.1, 0.15) is 47.4 Å². The second-order valence-corrected chi connectivity index (χ2v) is 15.0. The van der Waals surface area contributed by atoms with E-state index in [0.29, 0.717) is 17.1 Å². The third-order valence-electron chi connectivity index (χ3n) is 5.50. The number of carbonyl (C=O) groups is 1. The number of hydrogen-bond acceptors (Lipinski definition) is 6. The molecule has 0 fully saturated rings. The van der Waals surface area contributed by atoms with E-state index in [0.717, 1.165) is 16.5 Å². The highest BCUT2D eigenvalue weighted by atomic mass is 28.4. The fraction of sp³-hybridized carbons (Fsp3) is 0.478. The summed E-state index contributed by atoms with van der Waals surface area (Å²) in [4.78, 5) is 21.4. The van der Waals surface area contributed by atoms with Gasteiger partial charge in [0, 0.05) is 35.0 Å². The zero-order valence-corrected chi connectivity index (χ0v) is 20.9. The van der Waals surface area contributed by atoms with Gasteiger partial charge < -0.3 is 9.16 Å². The number of hydrogen-bond donors (Lipinski definition) is 0. The van der Waals surface area contributed by atoms with Crippen LogP contribution in [-0.4, -0.2) is 39.8 Å². The van der Waals surface area contributed by atoms with Crippen LogP contribution < -0.4 is 4.43 Å². The van der Waals surface area contributed by atoms with Crippen molar-refractivity contribution >= 4 is 25.3 Å². The fourth-order valence-electron chi connectivity index (χ4n) is 2.78. The molecule has 0 unspecified atom stereocenters. The van der Waals surface area contributed by atoms with Gasteiger partial charge >= 0.3 is 6.09 Å². The van der Waals surface area contributed by atoms with Crippen molar-refractivity contribution in [2.24, 2.45) is 0 Å². The number of ether oxygens (including phenoxy) is 1. The fourth-order valence-corrected chi connectivity index (χ4v) is 3.80. The Labute approximate surface area is 184 Å². The Bertz CT molecular complexity index is 1110. The van der Waals surface area contributed by atoms with Crippen LogP contribution in [0.2, 0.25) is 18.1 Å². The predicted octanol–water partition coefficient (Wildman–Crippen LogP) is 5.97. The molecule has 0 amide bonds. The number of fused-ring (bicyclic) bond motifs is 1. The van der Waals surface area contributed by atoms with E-state index in [4.69, 9.17) is 9.16 Å². The second kappa shape index (κ2) is 7.75. The van der Waals surface area contributed by atoms with Gasteiger partial charge in [0.25, 0.3) is 8.32 Å². The van der Waals surface area contributed by atoms with Gasteiger partial charge in [0.15, 0.2) is 0 Å². The zero-order valence-electron chi connectivity index (χ0n) is 19.9. The van der Waals surface area contributed by atoms with E-state index in [9.17, 15) is 4.79 Å². The largest absolute Gasteiger partial charge is 0.543 e. The van der Waals surface area contributed by atoms with Crippen molar-refractivity contribution < 1.29 is 14.0 Å². The van der Waals surface area contributed by atoms with E-state index in [2.05, 4.69) is 48.9 Å². The summed E-state index contributed by atoms with van der Waals surface area (Å²) in [7, 11) is -2.16. The number of aryl methyl sites for hydroxylation is 1. The van der Waals surface area contributed by atoms with E-state index >= 15 is 0 Å². The predicted molar refractivity (Wildman–Crippen MR) is 125 cm³/mol. The molecular weight excluding hydrogens is 408 g/mol. The summed E-state index contributed by atoms with van der Waals surface area (Å²) in [6, 6.07) is 3.85. The highest BCUT2D eigenvalue weighted by molar-refractivity contribution is 6.74. The minimum Gasteiger partial charge on any atom is -0.543 e. The molecule has 0 aliphatic heterocycles. The summed E-state index contributed by atoms with van der Waals surface area (Å²) in [5.74, 6) is 1.39. The molecule has 1 aromatic carbocycles. The smallest absolute Gasteiger partial charge is 0.435 e. The molecular formula is C23H32N4O3Si. The van der Waals surface area contributed by atoms with Gasteiger partial charge in [-0.1, -0.05) is 20.8 Å². The molecule has 31 heavy (non-hydrogen) atoms. The lowest BCUT2D eigenvalue weighted by Gasteiger charge is -2.37. The molecule has 0 atom stereocenters. The first-order chi connectivity index (χ1) is 14.2. The molecule has 3 rings (SSSR count). The Hall–Kier alpha value is -2.74. The third kappa shape index (κ3) is 4.95. The van der Waals surface area contributed by atoms with Gasteiger partial charge in [-0.25, -0.2) is 14.8 Å². The molecule has 2 heterocycles. The molecule has 166 valence electrons. The number of benzene rings is 1. The molecule has 3 aromatic rings. The average molecular weight is 441 g/mol. The molecule has 0 N–H and O–H groups in total. The number of nitrogens with zero attached hydrogens (tertiary/aromatic N) is 4. The summed E-state index contributed by atoms with van der Waals surface area (Å²) in [5, 5.41) is 5.10. The molecule has 0 bridgehead atoms. The maximum absolute atomic E-state index is 12.7. The Kier molecular flexibility index (Phi) is 5.73. The summed E-state index contributed by atoms with van der Waals surface area (Å²) >= 11 is 0. The SMILES string of the molecule is Cc1ncc(-c2cc3cnn(C(=O)OC(C)(C)C)c3cc2O[Si](C)(C)C(C)(C)C)cn1. The molecule has 7 nitrogen and oxygen atoms in total. The van der Waals surface area contributed by atoms with Gasteiger partial charge in [0.05, 0.1) is 11.7 Å². The van der Waals surface area contributed by atoms with E-state index in [1.54, 1.807) is 18.6 Å². The van der Waals surface area contributed by atoms with Crippen molar-refractivity contribution in [3.63, 3.8) is 0 Å². The number of rotatable bonds is 3. The average Bonchev–Trinajstić information content (AvgIpc) is 3.02. The van der Waals surface area contributed by atoms with Gasteiger partial charge in [-0.3, -0.25) is 0 Å². The highest BCUT2D eigenvalue weighted by Gasteiger charge is 2.39. The molecule has 0 saturated heterocycles. The molecule has 0 radical (unpaired) electrons. The van der Waals surface area contributed by atoms with E-state index < -0.39 is 20.0 Å². The number of aromatic nitrogens is 4. The standard InChI is InChI=1S/C23H32N4O3Si/c1-15-24-12-17(13-25-15)18-10-16-14-26-27(21(28)29-22(2,3)4)19(16)11-20(18)30-31(8,9)23(5,6)7/h10-14H,1-9H3. The normalized spacial score (nSPS) is 12.8. The van der Waals surface area contributed by atoms with Crippen molar-refractivity contribution in [1.29, 1.82) is 0 Å². The summed E-state index contributed by atoms with van der Waals surface area (Å²) < 4.78 is 13.5. The summed E-state index contributed by atoms with van der Waals surface area (Å²) in [5.41, 5.74) is 1.75. The third-order valence-corrected chi connectivity index (χ3v) is 9.84. The summed E-state index contributed by atoms with van der Waals surface area (Å²) in [6.45, 7) is 18.3. The maximum Gasteiger partial charge on any atom is 0.435 e. The van der Waals surface area contributed by atoms with Crippen LogP contribution in [0.5, 0.6) is 5.75 Å². The lowest BCUT2D eigenvalue weighted by Crippen LogP contribution is -2.44. The summed E-state index contributed by atoms with van der Waals surface area (Å²) in [6.07, 6.45) is 4.72. The van der Waals surface area contributed by atoms with E-state index in [1.807, 2.05) is 39.8 Å². The van der Waals surface area contributed by atoms with Gasteiger partial charge in [-0.15, -0.1) is 0 Å². The van der Waals surface area contributed by atoms with Crippen molar-refractivity contribution in [1.82, 2.24) is 19.7 Å². The maximum atomic E-state index is 12.7. The van der Waals surface area contributed by atoms with Crippen LogP contribution in [0.4, 0.5) is 4.79 Å². The van der Waals surface area contributed by atoms with Gasteiger partial charge in [0.1, 0.15) is 17.2 Å². The zero-order chi connectivity index (χ0) is 23.2. The molecule has 0 spiro atoms. The minimum absolute atomic E-state index is 0.00835. The van der Waals surface area contributed by atoms with Crippen molar-refractivity contribution in [2.45, 2.75) is 72.2 Å². The van der Waals surface area contributed by atoms with Gasteiger partial charge in [-0.05, 0) is 51.9 Å². The van der Waals surface area contributed by atoms with Crippen LogP contribution in [0, 0.1) is 6.92 Å². The van der Waals surface area contributed by atoms with Crippen LogP contribution >= 0.6 is 0 Å². The van der Waals surface area contributed by atoms with Crippen LogP contribution in [0.15, 0.2) is 30.7 Å². The Morgan fingerprint density at radius 1 is 1.00 bits per heavy atom. The van der Waals surface area contributed by atoms with E-state index in [1.165, 1.54) is 4.68 Å². The first kappa shape index (κ1) is 22.9. The Balaban J connectivity index is 2.18. The molecule has 0 aliphatic rings. The lowest BCUT2D eigenvalue weighted by molar-refractivity contribution is 0.0522. The topological polar surface area (TPSA) is 79.1 Å². The van der Waals surface area contributed by atoms with Gasteiger partial charge in [0.2, 0.25) is 0 Å². The Morgan fingerprint density at radius 3 is 2.16 bits per heavy atom. The van der Waals surface area contributed by atoms with Crippen molar-refractivity contribution in [2.75, 3.05) is 0 Å². The van der Waals surface area contributed by atoms with Crippen molar-refractivity contribution in [3.8, 4) is 16.9 Å². The minimum atomic E-state index is -2.16. The molecule has 8 heteroatoms. The highest BCUT2D eigenvalue weighted by Crippen LogP contribution is 2.41. The van der Waals surface area contributed by atoms with Crippen LogP contribution in [0.3, 0.4) is 0 Å².